The van der Waals surface area contributed by atoms with E-state index < -0.39 is 0 Å². The molecule has 1 aliphatic heterocycles. The van der Waals surface area contributed by atoms with Gasteiger partial charge in [0.15, 0.2) is 0 Å². The van der Waals surface area contributed by atoms with Gasteiger partial charge in [0.2, 0.25) is 5.91 Å². The van der Waals surface area contributed by atoms with Gasteiger partial charge in [0, 0.05) is 22.8 Å². The van der Waals surface area contributed by atoms with E-state index in [1.807, 2.05) is 24.3 Å². The van der Waals surface area contributed by atoms with Gasteiger partial charge < -0.3 is 5.32 Å². The molecule has 1 aliphatic rings. The van der Waals surface area contributed by atoms with Crippen LogP contribution in [0.3, 0.4) is 0 Å². The van der Waals surface area contributed by atoms with E-state index >= 15 is 0 Å². The Balaban J connectivity index is 1.49. The average molecular weight is 357 g/mol. The molecule has 3 rings (SSSR count). The van der Waals surface area contributed by atoms with E-state index in [9.17, 15) is 4.79 Å². The minimum atomic E-state index is -0.0443. The summed E-state index contributed by atoms with van der Waals surface area (Å²) in [4.78, 5) is 13.4. The van der Waals surface area contributed by atoms with Crippen molar-refractivity contribution in [1.29, 1.82) is 0 Å². The molecular weight excluding hydrogens is 334 g/mol. The number of hydrogen-bond acceptors (Lipinski definition) is 6. The van der Waals surface area contributed by atoms with Gasteiger partial charge in [-0.05, 0) is 54.8 Å². The Morgan fingerprint density at radius 2 is 1.88 bits per heavy atom. The number of thioether (sulfide) groups is 1. The number of rotatable bonds is 6. The summed E-state index contributed by atoms with van der Waals surface area (Å²) in [7, 11) is 0. The molecule has 1 saturated heterocycles. The summed E-state index contributed by atoms with van der Waals surface area (Å²) < 4.78 is 0. The van der Waals surface area contributed by atoms with Crippen molar-refractivity contribution in [2.75, 3.05) is 11.1 Å². The zero-order valence-corrected chi connectivity index (χ0v) is 15.2. The lowest BCUT2D eigenvalue weighted by Crippen LogP contribution is -2.33. The number of nitrogens with one attached hydrogen (secondary N) is 5. The molecule has 0 bridgehead atoms. The number of carbonyl (C=O) groups is 1. The van der Waals surface area contributed by atoms with E-state index in [4.69, 9.17) is 0 Å². The van der Waals surface area contributed by atoms with E-state index in [1.54, 1.807) is 11.8 Å². The first kappa shape index (κ1) is 17.9. The molecule has 2 aromatic carbocycles. The van der Waals surface area contributed by atoms with E-state index in [2.05, 4.69) is 59.3 Å². The van der Waals surface area contributed by atoms with Crippen LogP contribution < -0.4 is 27.2 Å². The van der Waals surface area contributed by atoms with Gasteiger partial charge in [0.25, 0.3) is 0 Å². The Morgan fingerprint density at radius 3 is 2.64 bits per heavy atom. The molecule has 2 aromatic rings. The summed E-state index contributed by atoms with van der Waals surface area (Å²) in [5.41, 5.74) is 16.0. The molecule has 0 saturated carbocycles. The predicted molar refractivity (Wildman–Crippen MR) is 102 cm³/mol. The quantitative estimate of drug-likeness (QED) is 0.512. The third-order valence-electron chi connectivity index (χ3n) is 4.08. The maximum Gasteiger partial charge on any atom is 0.225 e. The SMILES string of the molecule is Cc1ccc(SCCC(=O)Nc2cccc(C3NNNN3)c2)cc1C. The number of hydrazine groups is 3. The third-order valence-corrected chi connectivity index (χ3v) is 5.07. The zero-order chi connectivity index (χ0) is 17.6. The van der Waals surface area contributed by atoms with Crippen molar-refractivity contribution in [3.8, 4) is 0 Å². The predicted octanol–water partition coefficient (Wildman–Crippen LogP) is 2.54. The lowest BCUT2D eigenvalue weighted by molar-refractivity contribution is -0.115. The van der Waals surface area contributed by atoms with Crippen molar-refractivity contribution >= 4 is 23.4 Å². The number of amides is 1. The van der Waals surface area contributed by atoms with Crippen LogP contribution in [0, 0.1) is 13.8 Å². The van der Waals surface area contributed by atoms with Gasteiger partial charge in [-0.1, -0.05) is 18.2 Å². The number of hydrogen-bond donors (Lipinski definition) is 5. The molecule has 0 atom stereocenters. The number of aryl methyl sites for hydroxylation is 2. The molecule has 25 heavy (non-hydrogen) atoms. The molecule has 0 spiro atoms. The van der Waals surface area contributed by atoms with Gasteiger partial charge in [0.1, 0.15) is 6.17 Å². The Morgan fingerprint density at radius 1 is 1.08 bits per heavy atom. The molecule has 1 amide bonds. The second-order valence-electron chi connectivity index (χ2n) is 5.99. The Kier molecular flexibility index (Phi) is 6.06. The van der Waals surface area contributed by atoms with Crippen molar-refractivity contribution in [2.24, 2.45) is 0 Å². The first-order chi connectivity index (χ1) is 12.1. The van der Waals surface area contributed by atoms with Gasteiger partial charge >= 0.3 is 0 Å². The standard InChI is InChI=1S/C18H23N5OS/c1-12-6-7-16(10-13(12)2)25-9-8-17(24)19-15-5-3-4-14(11-15)18-20-22-23-21-18/h3-7,10-11,18,20-23H,8-9H2,1-2H3,(H,19,24). The summed E-state index contributed by atoms with van der Waals surface area (Å²) in [6.45, 7) is 4.21. The van der Waals surface area contributed by atoms with Crippen molar-refractivity contribution in [2.45, 2.75) is 31.3 Å². The van der Waals surface area contributed by atoms with Crippen LogP contribution in [0.4, 0.5) is 5.69 Å². The van der Waals surface area contributed by atoms with Crippen LogP contribution in [0.15, 0.2) is 47.4 Å². The lowest BCUT2D eigenvalue weighted by Gasteiger charge is -2.11. The van der Waals surface area contributed by atoms with E-state index in [-0.39, 0.29) is 12.1 Å². The largest absolute Gasteiger partial charge is 0.326 e. The van der Waals surface area contributed by atoms with Crippen LogP contribution in [0.5, 0.6) is 0 Å². The summed E-state index contributed by atoms with van der Waals surface area (Å²) in [6.07, 6.45) is 0.433. The fourth-order valence-electron chi connectivity index (χ4n) is 2.50. The van der Waals surface area contributed by atoms with E-state index in [0.717, 1.165) is 17.0 Å². The van der Waals surface area contributed by atoms with Crippen molar-refractivity contribution in [3.63, 3.8) is 0 Å². The molecule has 1 fully saturated rings. The highest BCUT2D eigenvalue weighted by molar-refractivity contribution is 7.99. The Labute approximate surface area is 152 Å². The summed E-state index contributed by atoms with van der Waals surface area (Å²) >= 11 is 1.71. The zero-order valence-electron chi connectivity index (χ0n) is 14.3. The highest BCUT2D eigenvalue weighted by atomic mass is 32.2. The number of anilines is 1. The molecule has 0 radical (unpaired) electrons. The molecule has 0 aromatic heterocycles. The monoisotopic (exact) mass is 357 g/mol. The fourth-order valence-corrected chi connectivity index (χ4v) is 3.45. The van der Waals surface area contributed by atoms with Gasteiger partial charge in [-0.25, -0.2) is 10.9 Å². The summed E-state index contributed by atoms with van der Waals surface area (Å²) in [5.74, 6) is 0.783. The van der Waals surface area contributed by atoms with Crippen molar-refractivity contribution < 1.29 is 4.79 Å². The molecule has 6 nitrogen and oxygen atoms in total. The van der Waals surface area contributed by atoms with Crippen LogP contribution in [-0.4, -0.2) is 11.7 Å². The first-order valence-corrected chi connectivity index (χ1v) is 9.21. The second kappa shape index (κ2) is 8.46. The van der Waals surface area contributed by atoms with Crippen molar-refractivity contribution in [3.05, 3.63) is 59.2 Å². The molecule has 0 unspecified atom stereocenters. The highest BCUT2D eigenvalue weighted by Crippen LogP contribution is 2.22. The van der Waals surface area contributed by atoms with Gasteiger partial charge in [-0.15, -0.1) is 11.8 Å². The van der Waals surface area contributed by atoms with Crippen LogP contribution in [0.2, 0.25) is 0 Å². The third kappa shape index (κ3) is 5.04. The maximum absolute atomic E-state index is 12.2. The van der Waals surface area contributed by atoms with Crippen LogP contribution in [0.1, 0.15) is 29.3 Å². The Bertz CT molecular complexity index is 746. The lowest BCUT2D eigenvalue weighted by atomic mass is 10.1. The molecule has 0 aliphatic carbocycles. The van der Waals surface area contributed by atoms with Crippen molar-refractivity contribution in [1.82, 2.24) is 21.9 Å². The maximum atomic E-state index is 12.2. The topological polar surface area (TPSA) is 77.2 Å². The van der Waals surface area contributed by atoms with Crippen LogP contribution in [0.25, 0.3) is 0 Å². The minimum Gasteiger partial charge on any atom is -0.326 e. The smallest absolute Gasteiger partial charge is 0.225 e. The molecule has 1 heterocycles. The first-order valence-electron chi connectivity index (χ1n) is 8.23. The fraction of sp³-hybridized carbons (Fsp3) is 0.278. The molecule has 132 valence electrons. The highest BCUT2D eigenvalue weighted by Gasteiger charge is 2.15. The van der Waals surface area contributed by atoms with E-state index in [0.29, 0.717) is 6.42 Å². The Hall–Kier alpha value is -1.90. The second-order valence-corrected chi connectivity index (χ2v) is 7.16. The molecule has 5 N–H and O–H groups in total. The normalized spacial score (nSPS) is 14.6. The number of carbonyl (C=O) groups excluding carboxylic acids is 1. The van der Waals surface area contributed by atoms with E-state index in [1.165, 1.54) is 16.0 Å². The number of benzene rings is 2. The van der Waals surface area contributed by atoms with Gasteiger partial charge in [0.05, 0.1) is 0 Å². The summed E-state index contributed by atoms with van der Waals surface area (Å²) in [5, 5.41) is 2.96. The minimum absolute atomic E-state index is 0.0251. The van der Waals surface area contributed by atoms with Gasteiger partial charge in [-0.3, -0.25) is 4.79 Å². The van der Waals surface area contributed by atoms with Crippen LogP contribution >= 0.6 is 11.8 Å². The van der Waals surface area contributed by atoms with Gasteiger partial charge in [-0.2, -0.15) is 11.1 Å². The molecule has 7 heteroatoms. The van der Waals surface area contributed by atoms with Crippen LogP contribution in [-0.2, 0) is 4.79 Å². The molecular formula is C18H23N5OS. The summed E-state index contributed by atoms with van der Waals surface area (Å²) in [6, 6.07) is 14.2. The average Bonchev–Trinajstić information content (AvgIpc) is 3.13.